The summed E-state index contributed by atoms with van der Waals surface area (Å²) in [6, 6.07) is 0.495. The zero-order chi connectivity index (χ0) is 13.3. The number of rotatable bonds is 3. The molecule has 0 spiro atoms. The zero-order valence-corrected chi connectivity index (χ0v) is 12.2. The van der Waals surface area contributed by atoms with Crippen molar-refractivity contribution in [3.8, 4) is 0 Å². The standard InChI is InChI=1S/C13H23NO3S/c1-13(2)4-9(7-18-8-13)14(3)11-6-17-5-10(11)12(15)16/h9-11H,4-8H2,1-3H3,(H,15,16). The molecule has 18 heavy (non-hydrogen) atoms. The Labute approximate surface area is 113 Å². The van der Waals surface area contributed by atoms with Crippen LogP contribution in [0.15, 0.2) is 0 Å². The third-order valence-corrected chi connectivity index (χ3v) is 5.66. The van der Waals surface area contributed by atoms with Gasteiger partial charge in [0.1, 0.15) is 0 Å². The SMILES string of the molecule is CN(C1CSCC(C)(C)C1)C1COCC1C(=O)O. The Morgan fingerprint density at radius 3 is 2.78 bits per heavy atom. The maximum absolute atomic E-state index is 11.2. The average molecular weight is 273 g/mol. The molecule has 3 atom stereocenters. The molecule has 2 aliphatic heterocycles. The summed E-state index contributed by atoms with van der Waals surface area (Å²) in [5.74, 6) is 1.20. The van der Waals surface area contributed by atoms with Crippen molar-refractivity contribution < 1.29 is 14.6 Å². The van der Waals surface area contributed by atoms with Gasteiger partial charge in [-0.1, -0.05) is 13.8 Å². The largest absolute Gasteiger partial charge is 0.481 e. The van der Waals surface area contributed by atoms with Crippen LogP contribution in [0.5, 0.6) is 0 Å². The molecule has 0 aromatic carbocycles. The van der Waals surface area contributed by atoms with E-state index in [-0.39, 0.29) is 12.0 Å². The molecule has 2 fully saturated rings. The molecule has 0 radical (unpaired) electrons. The van der Waals surface area contributed by atoms with Crippen LogP contribution >= 0.6 is 11.8 Å². The first-order valence-electron chi connectivity index (χ1n) is 6.51. The highest BCUT2D eigenvalue weighted by atomic mass is 32.2. The summed E-state index contributed by atoms with van der Waals surface area (Å²) < 4.78 is 5.37. The number of carboxylic acids is 1. The number of thioether (sulfide) groups is 1. The van der Waals surface area contributed by atoms with Crippen molar-refractivity contribution in [1.82, 2.24) is 4.90 Å². The second-order valence-electron chi connectivity index (χ2n) is 6.25. The molecule has 0 aromatic heterocycles. The minimum Gasteiger partial charge on any atom is -0.481 e. The van der Waals surface area contributed by atoms with Crippen LogP contribution < -0.4 is 0 Å². The van der Waals surface area contributed by atoms with Crippen molar-refractivity contribution in [3.05, 3.63) is 0 Å². The van der Waals surface area contributed by atoms with Gasteiger partial charge in [-0.25, -0.2) is 0 Å². The first-order chi connectivity index (χ1) is 8.41. The van der Waals surface area contributed by atoms with Gasteiger partial charge in [0, 0.05) is 17.8 Å². The Balaban J connectivity index is 2.02. The van der Waals surface area contributed by atoms with Crippen LogP contribution in [0.3, 0.4) is 0 Å². The fourth-order valence-corrected chi connectivity index (χ4v) is 4.35. The van der Waals surface area contributed by atoms with E-state index in [0.717, 1.165) is 12.2 Å². The van der Waals surface area contributed by atoms with Gasteiger partial charge >= 0.3 is 5.97 Å². The third kappa shape index (κ3) is 3.00. The van der Waals surface area contributed by atoms with Gasteiger partial charge in [0.05, 0.1) is 19.1 Å². The summed E-state index contributed by atoms with van der Waals surface area (Å²) in [4.78, 5) is 13.5. The number of likely N-dealkylation sites (N-methyl/N-ethyl adjacent to an activating group) is 1. The van der Waals surface area contributed by atoms with Crippen LogP contribution in [-0.2, 0) is 9.53 Å². The molecule has 2 heterocycles. The van der Waals surface area contributed by atoms with Gasteiger partial charge in [-0.3, -0.25) is 9.69 Å². The van der Waals surface area contributed by atoms with E-state index in [2.05, 4.69) is 25.8 Å². The summed E-state index contributed by atoms with van der Waals surface area (Å²) in [7, 11) is 2.06. The monoisotopic (exact) mass is 273 g/mol. The molecule has 0 amide bonds. The highest BCUT2D eigenvalue weighted by Gasteiger charge is 2.41. The van der Waals surface area contributed by atoms with Gasteiger partial charge in [0.25, 0.3) is 0 Å². The molecule has 0 aliphatic carbocycles. The highest BCUT2D eigenvalue weighted by molar-refractivity contribution is 7.99. The topological polar surface area (TPSA) is 49.8 Å². The Kier molecular flexibility index (Phi) is 4.24. The van der Waals surface area contributed by atoms with E-state index in [1.54, 1.807) is 0 Å². The van der Waals surface area contributed by atoms with Crippen molar-refractivity contribution >= 4 is 17.7 Å². The Hall–Kier alpha value is -0.260. The molecular formula is C13H23NO3S. The van der Waals surface area contributed by atoms with E-state index in [1.165, 1.54) is 5.75 Å². The molecule has 1 N–H and O–H groups in total. The Bertz CT molecular complexity index is 321. The van der Waals surface area contributed by atoms with Crippen molar-refractivity contribution in [2.75, 3.05) is 31.8 Å². The number of carbonyl (C=O) groups is 1. The zero-order valence-electron chi connectivity index (χ0n) is 11.4. The van der Waals surface area contributed by atoms with Crippen LogP contribution in [-0.4, -0.2) is 59.8 Å². The summed E-state index contributed by atoms with van der Waals surface area (Å²) in [6.45, 7) is 5.49. The van der Waals surface area contributed by atoms with Gasteiger partial charge in [0.15, 0.2) is 0 Å². The lowest BCUT2D eigenvalue weighted by molar-refractivity contribution is -0.143. The quantitative estimate of drug-likeness (QED) is 0.845. The van der Waals surface area contributed by atoms with Gasteiger partial charge in [0.2, 0.25) is 0 Å². The van der Waals surface area contributed by atoms with E-state index < -0.39 is 5.97 Å². The summed E-state index contributed by atoms with van der Waals surface area (Å²) in [5.41, 5.74) is 0.347. The molecular weight excluding hydrogens is 250 g/mol. The maximum atomic E-state index is 11.2. The minimum absolute atomic E-state index is 0.0296. The molecule has 2 rings (SSSR count). The number of ether oxygens (including phenoxy) is 1. The third-order valence-electron chi connectivity index (χ3n) is 4.06. The molecule has 5 heteroatoms. The van der Waals surface area contributed by atoms with Crippen LogP contribution in [0.25, 0.3) is 0 Å². The molecule has 2 saturated heterocycles. The smallest absolute Gasteiger partial charge is 0.310 e. The minimum atomic E-state index is -0.730. The predicted octanol–water partition coefficient (Wildman–Crippen LogP) is 1.55. The lowest BCUT2D eigenvalue weighted by atomic mass is 9.86. The fraction of sp³-hybridized carbons (Fsp3) is 0.923. The van der Waals surface area contributed by atoms with Crippen LogP contribution in [0.4, 0.5) is 0 Å². The van der Waals surface area contributed by atoms with E-state index in [4.69, 9.17) is 4.74 Å². The van der Waals surface area contributed by atoms with Crippen molar-refractivity contribution in [3.63, 3.8) is 0 Å². The lowest BCUT2D eigenvalue weighted by Gasteiger charge is -2.42. The van der Waals surface area contributed by atoms with Gasteiger partial charge in [-0.05, 0) is 24.6 Å². The van der Waals surface area contributed by atoms with Crippen LogP contribution in [0, 0.1) is 11.3 Å². The van der Waals surface area contributed by atoms with Crippen molar-refractivity contribution in [2.45, 2.75) is 32.4 Å². The molecule has 0 aromatic rings. The normalized spacial score (nSPS) is 35.9. The van der Waals surface area contributed by atoms with Gasteiger partial charge < -0.3 is 9.84 Å². The van der Waals surface area contributed by atoms with E-state index >= 15 is 0 Å². The van der Waals surface area contributed by atoms with E-state index in [1.807, 2.05) is 11.8 Å². The maximum Gasteiger partial charge on any atom is 0.310 e. The number of hydrogen-bond donors (Lipinski definition) is 1. The Morgan fingerprint density at radius 2 is 2.17 bits per heavy atom. The average Bonchev–Trinajstić information content (AvgIpc) is 2.75. The second-order valence-corrected chi connectivity index (χ2v) is 7.28. The number of aliphatic carboxylic acids is 1. The van der Waals surface area contributed by atoms with E-state index in [9.17, 15) is 9.90 Å². The molecule has 0 saturated carbocycles. The van der Waals surface area contributed by atoms with Gasteiger partial charge in [-0.2, -0.15) is 11.8 Å². The molecule has 104 valence electrons. The molecule has 3 unspecified atom stereocenters. The Morgan fingerprint density at radius 1 is 1.44 bits per heavy atom. The van der Waals surface area contributed by atoms with E-state index in [0.29, 0.717) is 24.7 Å². The predicted molar refractivity (Wildman–Crippen MR) is 73.0 cm³/mol. The molecule has 4 nitrogen and oxygen atoms in total. The van der Waals surface area contributed by atoms with Gasteiger partial charge in [-0.15, -0.1) is 0 Å². The highest BCUT2D eigenvalue weighted by Crippen LogP contribution is 2.36. The fourth-order valence-electron chi connectivity index (χ4n) is 2.94. The first-order valence-corrected chi connectivity index (χ1v) is 7.66. The summed E-state index contributed by atoms with van der Waals surface area (Å²) in [6.07, 6.45) is 1.14. The van der Waals surface area contributed by atoms with Crippen LogP contribution in [0.1, 0.15) is 20.3 Å². The van der Waals surface area contributed by atoms with Crippen LogP contribution in [0.2, 0.25) is 0 Å². The first kappa shape index (κ1) is 14.2. The second kappa shape index (κ2) is 5.39. The molecule has 0 bridgehead atoms. The summed E-state index contributed by atoms with van der Waals surface area (Å²) >= 11 is 1.98. The summed E-state index contributed by atoms with van der Waals surface area (Å²) in [5, 5.41) is 9.22. The van der Waals surface area contributed by atoms with Crippen molar-refractivity contribution in [1.29, 1.82) is 0 Å². The molecule has 2 aliphatic rings. The number of nitrogens with zero attached hydrogens (tertiary/aromatic N) is 1. The lowest BCUT2D eigenvalue weighted by Crippen LogP contribution is -2.50. The number of carboxylic acid groups (broad SMARTS) is 1. The van der Waals surface area contributed by atoms with Crippen molar-refractivity contribution in [2.24, 2.45) is 11.3 Å². The number of hydrogen-bond acceptors (Lipinski definition) is 4.